The maximum atomic E-state index is 15.6. The molecule has 5 aromatic carbocycles. The van der Waals surface area contributed by atoms with E-state index in [0.29, 0.717) is 28.2 Å². The van der Waals surface area contributed by atoms with E-state index in [1.807, 2.05) is 28.8 Å². The summed E-state index contributed by atoms with van der Waals surface area (Å²) in [5.41, 5.74) is 8.07. The van der Waals surface area contributed by atoms with E-state index in [4.69, 9.17) is 16.6 Å². The Hall–Kier alpha value is -4.15. The quantitative estimate of drug-likeness (QED) is 0.213. The zero-order valence-corrected chi connectivity index (χ0v) is 22.5. The lowest BCUT2D eigenvalue weighted by molar-refractivity contribution is 0.359. The van der Waals surface area contributed by atoms with Gasteiger partial charge in [-0.2, -0.15) is 0 Å². The maximum Gasteiger partial charge on any atom is 0.127 e. The Balaban J connectivity index is 1.34. The first kappa shape index (κ1) is 22.6. The normalized spacial score (nSPS) is 18.4. The maximum absolute atomic E-state index is 15.6. The number of para-hydroxylation sites is 1. The fourth-order valence-corrected chi connectivity index (χ4v) is 7.87. The van der Waals surface area contributed by atoms with Crippen LogP contribution in [0.2, 0.25) is 5.02 Å². The molecule has 0 saturated heterocycles. The third-order valence-corrected chi connectivity index (χ3v) is 9.80. The summed E-state index contributed by atoms with van der Waals surface area (Å²) >= 11 is 7.29. The summed E-state index contributed by atoms with van der Waals surface area (Å²) in [4.78, 5) is 4.77. The molecule has 0 spiro atoms. The van der Waals surface area contributed by atoms with Crippen LogP contribution in [-0.4, -0.2) is 14.1 Å². The zero-order chi connectivity index (χ0) is 26.5. The Morgan fingerprint density at radius 3 is 2.23 bits per heavy atom. The highest BCUT2D eigenvalue weighted by atomic mass is 35.5. The number of benzene rings is 5. The Kier molecular flexibility index (Phi) is 4.63. The molecule has 3 nitrogen and oxygen atoms in total. The fraction of sp³-hybridized carbons (Fsp3) is 0.171. The second kappa shape index (κ2) is 8.18. The molecule has 1 fully saturated rings. The van der Waals surface area contributed by atoms with Gasteiger partial charge in [0.25, 0.3) is 0 Å². The van der Waals surface area contributed by atoms with E-state index in [1.54, 1.807) is 12.4 Å². The van der Waals surface area contributed by atoms with E-state index in [2.05, 4.69) is 53.1 Å². The van der Waals surface area contributed by atoms with E-state index in [9.17, 15) is 0 Å². The van der Waals surface area contributed by atoms with Crippen LogP contribution in [0.3, 0.4) is 0 Å². The minimum absolute atomic E-state index is 0.334. The topological polar surface area (TPSA) is 22.8 Å². The van der Waals surface area contributed by atoms with Gasteiger partial charge in [0.05, 0.1) is 38.5 Å². The summed E-state index contributed by atoms with van der Waals surface area (Å²) in [5, 5.41) is 4.96. The highest BCUT2D eigenvalue weighted by molar-refractivity contribution is 6.35. The smallest absolute Gasteiger partial charge is 0.127 e. The van der Waals surface area contributed by atoms with Gasteiger partial charge in [0.2, 0.25) is 0 Å². The van der Waals surface area contributed by atoms with Gasteiger partial charge in [-0.15, -0.1) is 0 Å². The molecule has 1 saturated carbocycles. The van der Waals surface area contributed by atoms with Crippen LogP contribution in [-0.2, 0) is 0 Å². The first-order valence-corrected chi connectivity index (χ1v) is 14.4. The van der Waals surface area contributed by atoms with Gasteiger partial charge in [-0.05, 0) is 84.4 Å². The molecule has 3 aliphatic rings. The number of imidazole rings is 1. The number of nitrogens with zero attached hydrogens (tertiary/aromatic N) is 3. The summed E-state index contributed by atoms with van der Waals surface area (Å²) in [6, 6.07) is 28.6. The van der Waals surface area contributed by atoms with Crippen molar-refractivity contribution in [2.75, 3.05) is 0 Å². The van der Waals surface area contributed by atoms with E-state index >= 15 is 4.39 Å². The SMILES string of the molecule is Fc1cc(-n2cnc3cc4c(cc32)C2CCC4CC2)c(Cl)c(-n2c3ccccc3c3ccc4ccccc4c32)c1. The van der Waals surface area contributed by atoms with Gasteiger partial charge in [0, 0.05) is 16.2 Å². The van der Waals surface area contributed by atoms with Gasteiger partial charge >= 0.3 is 0 Å². The molecule has 0 radical (unpaired) electrons. The fourth-order valence-electron chi connectivity index (χ4n) is 7.58. The Morgan fingerprint density at radius 2 is 1.40 bits per heavy atom. The molecule has 40 heavy (non-hydrogen) atoms. The highest BCUT2D eigenvalue weighted by Crippen LogP contribution is 2.50. The van der Waals surface area contributed by atoms with Gasteiger partial charge in [-0.1, -0.05) is 66.2 Å². The van der Waals surface area contributed by atoms with Crippen molar-refractivity contribution in [3.05, 3.63) is 113 Å². The number of halogens is 2. The van der Waals surface area contributed by atoms with E-state index in [1.165, 1.54) is 42.9 Å². The molecule has 2 bridgehead atoms. The molecule has 0 atom stereocenters. The van der Waals surface area contributed by atoms with Crippen molar-refractivity contribution >= 4 is 55.2 Å². The molecule has 10 rings (SSSR count). The summed E-state index contributed by atoms with van der Waals surface area (Å²) in [6.07, 6.45) is 6.85. The second-order valence-electron chi connectivity index (χ2n) is 11.4. The minimum Gasteiger partial charge on any atom is -0.307 e. The Morgan fingerprint density at radius 1 is 0.700 bits per heavy atom. The molecular formula is C35H25ClFN3. The van der Waals surface area contributed by atoms with Crippen molar-refractivity contribution in [3.8, 4) is 11.4 Å². The van der Waals surface area contributed by atoms with Crippen molar-refractivity contribution in [1.29, 1.82) is 0 Å². The standard InChI is InChI=1S/C35H25ClFN3/c36-34-32(39-19-38-29-17-27-21-9-11-22(12-10-21)28(27)18-31(29)39)15-23(37)16-33(34)40-30-8-4-3-7-25(30)26-14-13-20-5-1-2-6-24(20)35(26)40/h1-8,13-19,21-22H,9-12H2. The largest absolute Gasteiger partial charge is 0.307 e. The molecule has 0 aliphatic heterocycles. The lowest BCUT2D eigenvalue weighted by Gasteiger charge is -2.38. The second-order valence-corrected chi connectivity index (χ2v) is 11.8. The number of fused-ring (bicyclic) bond motifs is 8. The van der Waals surface area contributed by atoms with Crippen molar-refractivity contribution in [1.82, 2.24) is 14.1 Å². The van der Waals surface area contributed by atoms with Crippen LogP contribution in [0.15, 0.2) is 91.3 Å². The van der Waals surface area contributed by atoms with E-state index in [-0.39, 0.29) is 5.82 Å². The predicted octanol–water partition coefficient (Wildman–Crippen LogP) is 9.82. The Labute approximate surface area is 235 Å². The van der Waals surface area contributed by atoms with Crippen LogP contribution in [0.4, 0.5) is 4.39 Å². The number of hydrogen-bond acceptors (Lipinski definition) is 1. The van der Waals surface area contributed by atoms with Gasteiger partial charge in [-0.3, -0.25) is 4.57 Å². The van der Waals surface area contributed by atoms with E-state index in [0.717, 1.165) is 43.6 Å². The predicted molar refractivity (Wildman–Crippen MR) is 162 cm³/mol. The third kappa shape index (κ3) is 3.03. The number of rotatable bonds is 2. The summed E-state index contributed by atoms with van der Waals surface area (Å²) in [7, 11) is 0. The molecular weight excluding hydrogens is 517 g/mol. The highest BCUT2D eigenvalue weighted by Gasteiger charge is 2.33. The summed E-state index contributed by atoms with van der Waals surface area (Å²) < 4.78 is 19.7. The molecule has 0 N–H and O–H groups in total. The van der Waals surface area contributed by atoms with Gasteiger partial charge in [-0.25, -0.2) is 9.37 Å². The van der Waals surface area contributed by atoms with Crippen molar-refractivity contribution < 1.29 is 4.39 Å². The average molecular weight is 542 g/mol. The first-order valence-electron chi connectivity index (χ1n) is 14.1. The monoisotopic (exact) mass is 541 g/mol. The molecule has 2 heterocycles. The van der Waals surface area contributed by atoms with E-state index < -0.39 is 0 Å². The zero-order valence-electron chi connectivity index (χ0n) is 21.7. The van der Waals surface area contributed by atoms with Crippen LogP contribution in [0.1, 0.15) is 48.6 Å². The van der Waals surface area contributed by atoms with Gasteiger partial charge in [0.15, 0.2) is 0 Å². The number of hydrogen-bond donors (Lipinski definition) is 0. The van der Waals surface area contributed by atoms with Crippen LogP contribution in [0.25, 0.3) is 55.0 Å². The average Bonchev–Trinajstić information content (AvgIpc) is 3.57. The number of aromatic nitrogens is 3. The molecule has 7 aromatic rings. The first-order chi connectivity index (χ1) is 19.7. The van der Waals surface area contributed by atoms with Crippen molar-refractivity contribution in [2.24, 2.45) is 0 Å². The Bertz CT molecular complexity index is 2160. The molecule has 3 aliphatic carbocycles. The van der Waals surface area contributed by atoms with Crippen LogP contribution < -0.4 is 0 Å². The van der Waals surface area contributed by atoms with Crippen molar-refractivity contribution in [3.63, 3.8) is 0 Å². The lowest BCUT2D eigenvalue weighted by Crippen LogP contribution is -2.21. The van der Waals surface area contributed by atoms with Crippen molar-refractivity contribution in [2.45, 2.75) is 37.5 Å². The molecule has 5 heteroatoms. The molecule has 0 unspecified atom stereocenters. The summed E-state index contributed by atoms with van der Waals surface area (Å²) in [5.74, 6) is 0.917. The molecule has 0 amide bonds. The third-order valence-electron chi connectivity index (χ3n) is 9.42. The van der Waals surface area contributed by atoms with Crippen LogP contribution >= 0.6 is 11.6 Å². The molecule has 194 valence electrons. The van der Waals surface area contributed by atoms with Gasteiger partial charge in [0.1, 0.15) is 12.1 Å². The van der Waals surface area contributed by atoms with Crippen LogP contribution in [0, 0.1) is 5.82 Å². The van der Waals surface area contributed by atoms with Gasteiger partial charge < -0.3 is 4.57 Å². The lowest BCUT2D eigenvalue weighted by atomic mass is 9.67. The van der Waals surface area contributed by atoms with Crippen LogP contribution in [0.5, 0.6) is 0 Å². The molecule has 2 aromatic heterocycles. The minimum atomic E-state index is -0.334. The summed E-state index contributed by atoms with van der Waals surface area (Å²) in [6.45, 7) is 0.